The van der Waals surface area contributed by atoms with Gasteiger partial charge in [0.2, 0.25) is 0 Å². The number of pyridine rings is 1. The highest BCUT2D eigenvalue weighted by Crippen LogP contribution is 2.35. The van der Waals surface area contributed by atoms with Gasteiger partial charge in [-0.25, -0.2) is 4.79 Å². The van der Waals surface area contributed by atoms with E-state index in [-0.39, 0.29) is 5.97 Å². The van der Waals surface area contributed by atoms with E-state index in [1.807, 2.05) is 24.4 Å². The molecule has 0 bridgehead atoms. The Bertz CT molecular complexity index is 675. The maximum Gasteiger partial charge on any atom is 0.339 e. The molecule has 0 N–H and O–H groups in total. The van der Waals surface area contributed by atoms with Gasteiger partial charge < -0.3 is 9.64 Å². The second kappa shape index (κ2) is 3.95. The van der Waals surface area contributed by atoms with Gasteiger partial charge in [-0.3, -0.25) is 4.98 Å². The van der Waals surface area contributed by atoms with Gasteiger partial charge in [0, 0.05) is 35.9 Å². The SMILES string of the molecule is O=C1OCc2ccc3nccc(N4CCCC4)c3c21. The Balaban J connectivity index is 2.03. The molecule has 4 heteroatoms. The molecule has 1 saturated heterocycles. The third-order valence-electron chi connectivity index (χ3n) is 3.98. The first-order valence-corrected chi connectivity index (χ1v) is 6.67. The van der Waals surface area contributed by atoms with Crippen molar-refractivity contribution in [3.8, 4) is 0 Å². The van der Waals surface area contributed by atoms with Crippen LogP contribution in [0.15, 0.2) is 24.4 Å². The van der Waals surface area contributed by atoms with Crippen LogP contribution in [0.25, 0.3) is 10.9 Å². The fourth-order valence-electron chi connectivity index (χ4n) is 3.06. The third kappa shape index (κ3) is 1.52. The highest BCUT2D eigenvalue weighted by molar-refractivity contribution is 6.11. The van der Waals surface area contributed by atoms with Gasteiger partial charge in [0.1, 0.15) is 6.61 Å². The van der Waals surface area contributed by atoms with E-state index in [1.165, 1.54) is 12.8 Å². The second-order valence-corrected chi connectivity index (χ2v) is 5.09. The predicted octanol–water partition coefficient (Wildman–Crippen LogP) is 2.51. The summed E-state index contributed by atoms with van der Waals surface area (Å²) < 4.78 is 5.16. The minimum Gasteiger partial charge on any atom is -0.457 e. The van der Waals surface area contributed by atoms with Crippen LogP contribution in [0.2, 0.25) is 0 Å². The number of carbonyl (C=O) groups excluding carboxylic acids is 1. The number of cyclic esters (lactones) is 1. The molecule has 0 unspecified atom stereocenters. The minimum atomic E-state index is -0.214. The fraction of sp³-hybridized carbons (Fsp3) is 0.333. The molecule has 0 saturated carbocycles. The lowest BCUT2D eigenvalue weighted by atomic mass is 10.0. The van der Waals surface area contributed by atoms with Crippen molar-refractivity contribution in [2.75, 3.05) is 18.0 Å². The molecule has 1 fully saturated rings. The summed E-state index contributed by atoms with van der Waals surface area (Å²) in [6.07, 6.45) is 4.25. The average Bonchev–Trinajstić information content (AvgIpc) is 3.08. The summed E-state index contributed by atoms with van der Waals surface area (Å²) in [5.74, 6) is -0.214. The van der Waals surface area contributed by atoms with Gasteiger partial charge in [0.15, 0.2) is 0 Å². The monoisotopic (exact) mass is 254 g/mol. The number of hydrogen-bond acceptors (Lipinski definition) is 4. The molecular formula is C15H14N2O2. The Kier molecular flexibility index (Phi) is 2.24. The molecule has 2 aliphatic rings. The standard InChI is InChI=1S/C15H14N2O2/c18-15-13-10(9-19-15)3-4-11-14(13)12(5-6-16-11)17-7-1-2-8-17/h3-6H,1-2,7-9H2. The number of carbonyl (C=O) groups is 1. The zero-order valence-corrected chi connectivity index (χ0v) is 10.6. The molecule has 2 aliphatic heterocycles. The van der Waals surface area contributed by atoms with Gasteiger partial charge in [-0.1, -0.05) is 6.07 Å². The molecule has 1 aromatic carbocycles. The summed E-state index contributed by atoms with van der Waals surface area (Å²) in [6, 6.07) is 5.94. The van der Waals surface area contributed by atoms with Crippen molar-refractivity contribution in [1.29, 1.82) is 0 Å². The predicted molar refractivity (Wildman–Crippen MR) is 72.3 cm³/mol. The second-order valence-electron chi connectivity index (χ2n) is 5.09. The Labute approximate surface area is 111 Å². The van der Waals surface area contributed by atoms with Crippen molar-refractivity contribution in [3.05, 3.63) is 35.5 Å². The van der Waals surface area contributed by atoms with Gasteiger partial charge in [0.25, 0.3) is 0 Å². The van der Waals surface area contributed by atoms with E-state index in [4.69, 9.17) is 4.74 Å². The van der Waals surface area contributed by atoms with E-state index in [0.717, 1.165) is 35.2 Å². The highest BCUT2D eigenvalue weighted by Gasteiger charge is 2.27. The van der Waals surface area contributed by atoms with Crippen LogP contribution in [0.5, 0.6) is 0 Å². The lowest BCUT2D eigenvalue weighted by Crippen LogP contribution is -2.18. The quantitative estimate of drug-likeness (QED) is 0.733. The number of benzene rings is 1. The molecule has 0 radical (unpaired) electrons. The van der Waals surface area contributed by atoms with Crippen LogP contribution >= 0.6 is 0 Å². The van der Waals surface area contributed by atoms with E-state index < -0.39 is 0 Å². The van der Waals surface area contributed by atoms with Crippen molar-refractivity contribution in [1.82, 2.24) is 4.98 Å². The molecular weight excluding hydrogens is 240 g/mol. The van der Waals surface area contributed by atoms with Gasteiger partial charge >= 0.3 is 5.97 Å². The van der Waals surface area contributed by atoms with Gasteiger partial charge in [-0.05, 0) is 25.0 Å². The van der Waals surface area contributed by atoms with Crippen LogP contribution in [0, 0.1) is 0 Å². The van der Waals surface area contributed by atoms with Crippen LogP contribution in [-0.2, 0) is 11.3 Å². The van der Waals surface area contributed by atoms with Crippen molar-refractivity contribution in [2.45, 2.75) is 19.4 Å². The van der Waals surface area contributed by atoms with E-state index >= 15 is 0 Å². The van der Waals surface area contributed by atoms with Crippen molar-refractivity contribution >= 4 is 22.6 Å². The summed E-state index contributed by atoms with van der Waals surface area (Å²) in [4.78, 5) is 18.7. The highest BCUT2D eigenvalue weighted by atomic mass is 16.5. The topological polar surface area (TPSA) is 42.4 Å². The fourth-order valence-corrected chi connectivity index (χ4v) is 3.06. The first-order valence-electron chi connectivity index (χ1n) is 6.67. The molecule has 4 rings (SSSR count). The first-order chi connectivity index (χ1) is 9.34. The Morgan fingerprint density at radius 3 is 2.84 bits per heavy atom. The number of ether oxygens (including phenoxy) is 1. The lowest BCUT2D eigenvalue weighted by Gasteiger charge is -2.20. The van der Waals surface area contributed by atoms with Crippen LogP contribution in [0.4, 0.5) is 5.69 Å². The molecule has 96 valence electrons. The Hall–Kier alpha value is -2.10. The maximum atomic E-state index is 12.0. The normalized spacial score (nSPS) is 17.9. The summed E-state index contributed by atoms with van der Waals surface area (Å²) >= 11 is 0. The number of aromatic nitrogens is 1. The van der Waals surface area contributed by atoms with Gasteiger partial charge in [0.05, 0.1) is 11.1 Å². The maximum absolute atomic E-state index is 12.0. The zero-order chi connectivity index (χ0) is 12.8. The number of nitrogens with zero attached hydrogens (tertiary/aromatic N) is 2. The Morgan fingerprint density at radius 1 is 1.16 bits per heavy atom. The van der Waals surface area contributed by atoms with Crippen LogP contribution < -0.4 is 4.90 Å². The molecule has 4 nitrogen and oxygen atoms in total. The van der Waals surface area contributed by atoms with Gasteiger partial charge in [-0.2, -0.15) is 0 Å². The molecule has 1 aromatic heterocycles. The summed E-state index contributed by atoms with van der Waals surface area (Å²) in [5.41, 5.74) is 3.69. The third-order valence-corrected chi connectivity index (χ3v) is 3.98. The first kappa shape index (κ1) is 10.8. The minimum absolute atomic E-state index is 0.214. The van der Waals surface area contributed by atoms with Gasteiger partial charge in [-0.15, -0.1) is 0 Å². The smallest absolute Gasteiger partial charge is 0.339 e. The molecule has 0 spiro atoms. The number of rotatable bonds is 1. The summed E-state index contributed by atoms with van der Waals surface area (Å²) in [6.45, 7) is 2.49. The number of esters is 1. The van der Waals surface area contributed by atoms with Crippen molar-refractivity contribution in [2.24, 2.45) is 0 Å². The molecule has 19 heavy (non-hydrogen) atoms. The lowest BCUT2D eigenvalue weighted by molar-refractivity contribution is 0.0536. The van der Waals surface area contributed by atoms with Crippen molar-refractivity contribution < 1.29 is 9.53 Å². The van der Waals surface area contributed by atoms with E-state index in [0.29, 0.717) is 12.2 Å². The largest absolute Gasteiger partial charge is 0.457 e. The Morgan fingerprint density at radius 2 is 2.00 bits per heavy atom. The number of hydrogen-bond donors (Lipinski definition) is 0. The molecule has 0 amide bonds. The summed E-state index contributed by atoms with van der Waals surface area (Å²) in [5, 5.41) is 0.962. The summed E-state index contributed by atoms with van der Waals surface area (Å²) in [7, 11) is 0. The number of anilines is 1. The average molecular weight is 254 g/mol. The number of fused-ring (bicyclic) bond motifs is 3. The van der Waals surface area contributed by atoms with Crippen molar-refractivity contribution in [3.63, 3.8) is 0 Å². The van der Waals surface area contributed by atoms with E-state index in [2.05, 4.69) is 9.88 Å². The molecule has 3 heterocycles. The molecule has 2 aromatic rings. The molecule has 0 aliphatic carbocycles. The van der Waals surface area contributed by atoms with Crippen LogP contribution in [0.1, 0.15) is 28.8 Å². The van der Waals surface area contributed by atoms with Crippen LogP contribution in [0.3, 0.4) is 0 Å². The van der Waals surface area contributed by atoms with E-state index in [1.54, 1.807) is 0 Å². The molecule has 0 atom stereocenters. The van der Waals surface area contributed by atoms with Crippen LogP contribution in [-0.4, -0.2) is 24.0 Å². The zero-order valence-electron chi connectivity index (χ0n) is 10.6. The van der Waals surface area contributed by atoms with E-state index in [9.17, 15) is 4.79 Å².